The zero-order valence-electron chi connectivity index (χ0n) is 17.8. The first kappa shape index (κ1) is 23.3. The number of primary amides is 1. The van der Waals surface area contributed by atoms with Gasteiger partial charge in [-0.25, -0.2) is 9.37 Å². The number of halogens is 5. The summed E-state index contributed by atoms with van der Waals surface area (Å²) >= 11 is 5.69. The molecule has 0 saturated heterocycles. The molecule has 3 saturated carbocycles. The van der Waals surface area contributed by atoms with E-state index in [1.165, 1.54) is 12.1 Å². The van der Waals surface area contributed by atoms with Crippen molar-refractivity contribution in [2.45, 2.75) is 43.6 Å². The highest BCUT2D eigenvalue weighted by Gasteiger charge is 2.75. The van der Waals surface area contributed by atoms with E-state index < -0.39 is 40.5 Å². The average Bonchev–Trinajstić information content (AvgIpc) is 3.20. The Kier molecular flexibility index (Phi) is 5.38. The van der Waals surface area contributed by atoms with Crippen LogP contribution in [0.15, 0.2) is 40.9 Å². The van der Waals surface area contributed by atoms with Gasteiger partial charge in [-0.1, -0.05) is 11.6 Å². The summed E-state index contributed by atoms with van der Waals surface area (Å²) in [5.41, 5.74) is 3.59. The van der Waals surface area contributed by atoms with E-state index in [0.29, 0.717) is 25.2 Å². The Labute approximate surface area is 200 Å². The number of hydrogen-bond acceptors (Lipinski definition) is 7. The third kappa shape index (κ3) is 4.15. The van der Waals surface area contributed by atoms with E-state index in [0.717, 1.165) is 24.4 Å². The van der Waals surface area contributed by atoms with Gasteiger partial charge in [0.15, 0.2) is 12.7 Å². The first-order valence-corrected chi connectivity index (χ1v) is 10.8. The van der Waals surface area contributed by atoms with E-state index in [1.807, 2.05) is 0 Å². The summed E-state index contributed by atoms with van der Waals surface area (Å²) in [6, 6.07) is 5.84. The van der Waals surface area contributed by atoms with Crippen LogP contribution >= 0.6 is 11.6 Å². The minimum absolute atomic E-state index is 0.0665. The first-order chi connectivity index (χ1) is 16.5. The zero-order chi connectivity index (χ0) is 25.0. The predicted octanol–water partition coefficient (Wildman–Crippen LogP) is 4.21. The van der Waals surface area contributed by atoms with E-state index in [-0.39, 0.29) is 29.0 Å². The number of amides is 1. The number of carbonyl (C=O) groups excluding carboxylic acids is 1. The fourth-order valence-electron chi connectivity index (χ4n) is 4.85. The maximum atomic E-state index is 13.7. The van der Waals surface area contributed by atoms with Gasteiger partial charge in [-0.3, -0.25) is 4.79 Å². The maximum absolute atomic E-state index is 13.7. The van der Waals surface area contributed by atoms with Crippen molar-refractivity contribution in [3.05, 3.63) is 64.8 Å². The number of aromatic nitrogens is 3. The summed E-state index contributed by atoms with van der Waals surface area (Å²) in [5.74, 6) is -0.582. The number of hydrogen-bond donors (Lipinski definition) is 1. The average molecular weight is 513 g/mol. The fourth-order valence-corrected chi connectivity index (χ4v) is 4.96. The number of carbonyl (C=O) groups is 1. The van der Waals surface area contributed by atoms with Crippen molar-refractivity contribution < 1.29 is 36.2 Å². The number of pyridine rings is 1. The summed E-state index contributed by atoms with van der Waals surface area (Å²) in [7, 11) is 0. The second-order valence-electron chi connectivity index (χ2n) is 8.82. The van der Waals surface area contributed by atoms with Crippen LogP contribution in [0.2, 0.25) is 5.02 Å². The Hall–Kier alpha value is -3.41. The van der Waals surface area contributed by atoms with Crippen LogP contribution < -0.4 is 15.2 Å². The summed E-state index contributed by atoms with van der Waals surface area (Å²) in [6.45, 7) is -0.156. The summed E-state index contributed by atoms with van der Waals surface area (Å²) in [5, 5.41) is 7.93. The minimum Gasteiger partial charge on any atom is -0.482 e. The van der Waals surface area contributed by atoms with Crippen LogP contribution in [0.25, 0.3) is 0 Å². The zero-order valence-corrected chi connectivity index (χ0v) is 18.6. The smallest absolute Gasteiger partial charge is 0.433 e. The summed E-state index contributed by atoms with van der Waals surface area (Å²) in [4.78, 5) is 15.4. The second kappa shape index (κ2) is 8.08. The molecule has 2 N–H and O–H groups in total. The molecule has 3 fully saturated rings. The SMILES string of the molecule is NC(=O)C(Oc1ccc(Cl)c(F)c1)C12CC(c3nnc(COc4ccc(C(F)(F)F)nc4)o3)(C1)C2. The normalized spacial score (nSPS) is 23.7. The van der Waals surface area contributed by atoms with Gasteiger partial charge in [0.1, 0.15) is 23.0 Å². The molecule has 8 nitrogen and oxygen atoms in total. The number of rotatable bonds is 8. The number of alkyl halides is 3. The standard InChI is InChI=1S/C22H17ClF4N4O4/c23-13-3-1-11(5-14(13)24)34-17(18(28)32)20-8-21(9-20,10-20)19-31-30-16(35-19)7-33-12-2-4-15(29-6-12)22(25,26)27/h1-6,17H,7-10H2,(H2,28,32). The Morgan fingerprint density at radius 2 is 1.89 bits per heavy atom. The highest BCUT2D eigenvalue weighted by Crippen LogP contribution is 2.75. The van der Waals surface area contributed by atoms with Crippen LogP contribution in [0.5, 0.6) is 11.5 Å². The molecule has 0 aliphatic heterocycles. The van der Waals surface area contributed by atoms with Crippen LogP contribution in [-0.2, 0) is 23.0 Å². The van der Waals surface area contributed by atoms with Crippen LogP contribution in [0, 0.1) is 11.2 Å². The van der Waals surface area contributed by atoms with Gasteiger partial charge in [-0.15, -0.1) is 10.2 Å². The molecular weight excluding hydrogens is 496 g/mol. The van der Waals surface area contributed by atoms with E-state index in [1.54, 1.807) is 0 Å². The maximum Gasteiger partial charge on any atom is 0.433 e. The van der Waals surface area contributed by atoms with Crippen LogP contribution in [0.3, 0.4) is 0 Å². The molecule has 2 aromatic heterocycles. The molecule has 1 atom stereocenters. The molecular formula is C22H17ClF4N4O4. The lowest BCUT2D eigenvalue weighted by Gasteiger charge is -2.69. The van der Waals surface area contributed by atoms with Crippen molar-refractivity contribution in [1.29, 1.82) is 0 Å². The Balaban J connectivity index is 1.20. The van der Waals surface area contributed by atoms with Crippen LogP contribution in [0.1, 0.15) is 36.7 Å². The largest absolute Gasteiger partial charge is 0.482 e. The topological polar surface area (TPSA) is 113 Å². The lowest BCUT2D eigenvalue weighted by Crippen LogP contribution is -2.72. The quantitative estimate of drug-likeness (QED) is 0.450. The highest BCUT2D eigenvalue weighted by atomic mass is 35.5. The van der Waals surface area contributed by atoms with Gasteiger partial charge in [0.2, 0.25) is 5.89 Å². The number of benzene rings is 1. The third-order valence-corrected chi connectivity index (χ3v) is 6.65. The van der Waals surface area contributed by atoms with Crippen molar-refractivity contribution in [1.82, 2.24) is 15.2 Å². The lowest BCUT2D eigenvalue weighted by atomic mass is 9.33. The van der Waals surface area contributed by atoms with E-state index in [4.69, 9.17) is 31.2 Å². The highest BCUT2D eigenvalue weighted by molar-refractivity contribution is 6.30. The van der Waals surface area contributed by atoms with Crippen molar-refractivity contribution in [2.24, 2.45) is 11.1 Å². The summed E-state index contributed by atoms with van der Waals surface area (Å²) < 4.78 is 68.3. The monoisotopic (exact) mass is 512 g/mol. The van der Waals surface area contributed by atoms with Crippen molar-refractivity contribution in [3.63, 3.8) is 0 Å². The molecule has 1 amide bonds. The molecule has 3 aliphatic carbocycles. The molecule has 1 aromatic carbocycles. The van der Waals surface area contributed by atoms with Crippen LogP contribution in [0.4, 0.5) is 17.6 Å². The van der Waals surface area contributed by atoms with Gasteiger partial charge in [0, 0.05) is 11.5 Å². The van der Waals surface area contributed by atoms with E-state index >= 15 is 0 Å². The van der Waals surface area contributed by atoms with E-state index in [2.05, 4.69) is 15.2 Å². The molecule has 3 aliphatic rings. The number of nitrogens with zero attached hydrogens (tertiary/aromatic N) is 3. The van der Waals surface area contributed by atoms with Gasteiger partial charge in [0.25, 0.3) is 11.8 Å². The number of nitrogens with two attached hydrogens (primary N) is 1. The summed E-state index contributed by atoms with van der Waals surface area (Å²) in [6.07, 6.45) is -3.02. The molecule has 3 aromatic rings. The third-order valence-electron chi connectivity index (χ3n) is 6.34. The predicted molar refractivity (Wildman–Crippen MR) is 111 cm³/mol. The molecule has 0 radical (unpaired) electrons. The number of ether oxygens (including phenoxy) is 2. The van der Waals surface area contributed by atoms with Crippen molar-refractivity contribution in [2.75, 3.05) is 0 Å². The van der Waals surface area contributed by atoms with Gasteiger partial charge in [-0.05, 0) is 43.5 Å². The van der Waals surface area contributed by atoms with Crippen molar-refractivity contribution in [3.8, 4) is 11.5 Å². The lowest BCUT2D eigenvalue weighted by molar-refractivity contribution is -0.208. The Bertz CT molecular complexity index is 1260. The second-order valence-corrected chi connectivity index (χ2v) is 9.22. The molecule has 13 heteroatoms. The molecule has 184 valence electrons. The molecule has 2 bridgehead atoms. The van der Waals surface area contributed by atoms with Gasteiger partial charge in [-0.2, -0.15) is 13.2 Å². The van der Waals surface area contributed by atoms with Gasteiger partial charge < -0.3 is 19.6 Å². The van der Waals surface area contributed by atoms with Gasteiger partial charge >= 0.3 is 6.18 Å². The fraction of sp³-hybridized carbons (Fsp3) is 0.364. The molecule has 35 heavy (non-hydrogen) atoms. The minimum atomic E-state index is -4.54. The molecule has 6 rings (SSSR count). The Morgan fingerprint density at radius 1 is 1.17 bits per heavy atom. The van der Waals surface area contributed by atoms with E-state index in [9.17, 15) is 22.4 Å². The molecule has 1 unspecified atom stereocenters. The molecule has 0 spiro atoms. The van der Waals surface area contributed by atoms with Crippen LogP contribution in [-0.4, -0.2) is 27.2 Å². The van der Waals surface area contributed by atoms with Crippen molar-refractivity contribution >= 4 is 17.5 Å². The first-order valence-electron chi connectivity index (χ1n) is 10.4. The Morgan fingerprint density at radius 3 is 2.49 bits per heavy atom. The molecule has 2 heterocycles. The van der Waals surface area contributed by atoms with Gasteiger partial charge in [0.05, 0.1) is 16.6 Å².